The quantitative estimate of drug-likeness (QED) is 0.693. The van der Waals surface area contributed by atoms with E-state index in [0.717, 1.165) is 25.9 Å². The minimum Gasteiger partial charge on any atom is -0.497 e. The molecule has 1 saturated heterocycles. The van der Waals surface area contributed by atoms with Crippen LogP contribution in [0.5, 0.6) is 5.75 Å². The van der Waals surface area contributed by atoms with Crippen molar-refractivity contribution in [1.29, 1.82) is 0 Å². The van der Waals surface area contributed by atoms with Crippen LogP contribution in [0.15, 0.2) is 48.2 Å². The van der Waals surface area contributed by atoms with Gasteiger partial charge in [0.05, 0.1) is 28.4 Å². The molecule has 4 rings (SSSR count). The average Bonchev–Trinajstić information content (AvgIpc) is 3.30. The smallest absolute Gasteiger partial charge is 0.282 e. The Labute approximate surface area is 173 Å². The zero-order chi connectivity index (χ0) is 19.8. The van der Waals surface area contributed by atoms with Gasteiger partial charge in [0, 0.05) is 13.1 Å². The van der Waals surface area contributed by atoms with Crippen molar-refractivity contribution in [2.75, 3.05) is 25.1 Å². The van der Waals surface area contributed by atoms with Crippen molar-refractivity contribution < 1.29 is 14.3 Å². The fraction of sp³-hybridized carbons (Fsp3) is 0.238. The summed E-state index contributed by atoms with van der Waals surface area (Å²) in [4.78, 5) is 29.8. The fourth-order valence-electron chi connectivity index (χ4n) is 3.63. The summed E-state index contributed by atoms with van der Waals surface area (Å²) >= 11 is 12.1. The molecule has 2 aromatic rings. The average molecular weight is 417 g/mol. The Morgan fingerprint density at radius 3 is 2.18 bits per heavy atom. The molecule has 144 valence electrons. The molecule has 2 aliphatic heterocycles. The first-order valence-corrected chi connectivity index (χ1v) is 9.74. The van der Waals surface area contributed by atoms with Gasteiger partial charge in [0.2, 0.25) is 0 Å². The van der Waals surface area contributed by atoms with E-state index < -0.39 is 0 Å². The highest BCUT2D eigenvalue weighted by molar-refractivity contribution is 6.46. The predicted molar refractivity (Wildman–Crippen MR) is 110 cm³/mol. The molecule has 0 bridgehead atoms. The van der Waals surface area contributed by atoms with Gasteiger partial charge in [0.25, 0.3) is 11.8 Å². The van der Waals surface area contributed by atoms with Gasteiger partial charge < -0.3 is 9.64 Å². The SMILES string of the molecule is COc1ccc(C2=C(N3CCCC3)C(=O)N(c3ccc(Cl)c(Cl)c3)C2=O)cc1. The Bertz CT molecular complexity index is 980. The van der Waals surface area contributed by atoms with Crippen LogP contribution in [0.4, 0.5) is 5.69 Å². The number of ether oxygens (including phenoxy) is 1. The first-order valence-electron chi connectivity index (χ1n) is 8.98. The largest absolute Gasteiger partial charge is 0.497 e. The van der Waals surface area contributed by atoms with Crippen molar-refractivity contribution in [2.45, 2.75) is 12.8 Å². The van der Waals surface area contributed by atoms with E-state index >= 15 is 0 Å². The third-order valence-electron chi connectivity index (χ3n) is 5.02. The van der Waals surface area contributed by atoms with Gasteiger partial charge in [-0.05, 0) is 48.7 Å². The van der Waals surface area contributed by atoms with E-state index in [1.807, 2.05) is 4.90 Å². The van der Waals surface area contributed by atoms with Crippen molar-refractivity contribution in [3.05, 3.63) is 63.8 Å². The van der Waals surface area contributed by atoms with Gasteiger partial charge in [-0.3, -0.25) is 9.59 Å². The van der Waals surface area contributed by atoms with Gasteiger partial charge >= 0.3 is 0 Å². The number of imide groups is 1. The number of benzene rings is 2. The number of nitrogens with zero attached hydrogens (tertiary/aromatic N) is 2. The number of halogens is 2. The number of hydrogen-bond donors (Lipinski definition) is 0. The molecule has 2 aliphatic rings. The van der Waals surface area contributed by atoms with E-state index in [1.54, 1.807) is 43.5 Å². The minimum atomic E-state index is -0.365. The molecule has 2 heterocycles. The maximum Gasteiger partial charge on any atom is 0.282 e. The molecular weight excluding hydrogens is 399 g/mol. The lowest BCUT2D eigenvalue weighted by atomic mass is 10.0. The molecular formula is C21H18Cl2N2O3. The second kappa shape index (κ2) is 7.49. The van der Waals surface area contributed by atoms with Crippen LogP contribution < -0.4 is 9.64 Å². The standard InChI is InChI=1S/C21H18Cl2N2O3/c1-28-15-7-4-13(5-8-15)18-19(24-10-2-3-11-24)21(27)25(20(18)26)14-6-9-16(22)17(23)12-14/h4-9,12H,2-3,10-11H2,1H3. The molecule has 0 spiro atoms. The highest BCUT2D eigenvalue weighted by atomic mass is 35.5. The monoisotopic (exact) mass is 416 g/mol. The van der Waals surface area contributed by atoms with Crippen LogP contribution in [0.1, 0.15) is 18.4 Å². The number of carbonyl (C=O) groups excluding carboxylic acids is 2. The molecule has 2 amide bonds. The van der Waals surface area contributed by atoms with Gasteiger partial charge in [-0.25, -0.2) is 4.90 Å². The van der Waals surface area contributed by atoms with Gasteiger partial charge in [-0.1, -0.05) is 35.3 Å². The molecule has 0 saturated carbocycles. The van der Waals surface area contributed by atoms with E-state index in [2.05, 4.69) is 0 Å². The van der Waals surface area contributed by atoms with Gasteiger partial charge in [0.15, 0.2) is 0 Å². The van der Waals surface area contributed by atoms with E-state index in [-0.39, 0.29) is 11.8 Å². The highest BCUT2D eigenvalue weighted by Gasteiger charge is 2.43. The summed E-state index contributed by atoms with van der Waals surface area (Å²) in [6, 6.07) is 11.9. The first kappa shape index (κ1) is 18.8. The Hall–Kier alpha value is -2.50. The molecule has 7 heteroatoms. The summed E-state index contributed by atoms with van der Waals surface area (Å²) in [6.07, 6.45) is 1.99. The van der Waals surface area contributed by atoms with Gasteiger partial charge in [-0.2, -0.15) is 0 Å². The number of likely N-dealkylation sites (tertiary alicyclic amines) is 1. The highest BCUT2D eigenvalue weighted by Crippen LogP contribution is 2.38. The lowest BCUT2D eigenvalue weighted by Gasteiger charge is -2.20. The van der Waals surface area contributed by atoms with E-state index in [1.165, 1.54) is 11.0 Å². The van der Waals surface area contributed by atoms with E-state index in [9.17, 15) is 9.59 Å². The molecule has 0 aromatic heterocycles. The summed E-state index contributed by atoms with van der Waals surface area (Å²) < 4.78 is 5.21. The van der Waals surface area contributed by atoms with Crippen molar-refractivity contribution in [2.24, 2.45) is 0 Å². The Morgan fingerprint density at radius 2 is 1.57 bits per heavy atom. The van der Waals surface area contributed by atoms with Crippen LogP contribution in [0.3, 0.4) is 0 Å². The number of amides is 2. The van der Waals surface area contributed by atoms with Crippen LogP contribution in [0.2, 0.25) is 10.0 Å². The zero-order valence-electron chi connectivity index (χ0n) is 15.2. The van der Waals surface area contributed by atoms with Crippen molar-refractivity contribution in [1.82, 2.24) is 4.90 Å². The molecule has 28 heavy (non-hydrogen) atoms. The molecule has 1 fully saturated rings. The Morgan fingerprint density at radius 1 is 0.893 bits per heavy atom. The number of carbonyl (C=O) groups is 2. The molecule has 0 N–H and O–H groups in total. The van der Waals surface area contributed by atoms with Crippen molar-refractivity contribution in [3.63, 3.8) is 0 Å². The van der Waals surface area contributed by atoms with Gasteiger partial charge in [-0.15, -0.1) is 0 Å². The number of anilines is 1. The zero-order valence-corrected chi connectivity index (χ0v) is 16.8. The molecule has 0 atom stereocenters. The fourth-order valence-corrected chi connectivity index (χ4v) is 3.92. The third-order valence-corrected chi connectivity index (χ3v) is 5.76. The van der Waals surface area contributed by atoms with E-state index in [0.29, 0.717) is 38.3 Å². The lowest BCUT2D eigenvalue weighted by molar-refractivity contribution is -0.120. The molecule has 0 aliphatic carbocycles. The van der Waals surface area contributed by atoms with Crippen LogP contribution in [-0.4, -0.2) is 36.9 Å². The first-order chi connectivity index (χ1) is 13.5. The summed E-state index contributed by atoms with van der Waals surface area (Å²) in [5, 5.41) is 0.660. The van der Waals surface area contributed by atoms with Gasteiger partial charge in [0.1, 0.15) is 11.4 Å². The number of rotatable bonds is 4. The summed E-state index contributed by atoms with van der Waals surface area (Å²) in [7, 11) is 1.58. The summed E-state index contributed by atoms with van der Waals surface area (Å²) in [6.45, 7) is 1.51. The maximum atomic E-state index is 13.3. The van der Waals surface area contributed by atoms with E-state index in [4.69, 9.17) is 27.9 Å². The van der Waals surface area contributed by atoms with Crippen molar-refractivity contribution in [3.8, 4) is 5.75 Å². The third kappa shape index (κ3) is 3.15. The van der Waals surface area contributed by atoms with Crippen LogP contribution in [-0.2, 0) is 9.59 Å². The maximum absolute atomic E-state index is 13.3. The lowest BCUT2D eigenvalue weighted by Crippen LogP contribution is -2.34. The van der Waals surface area contributed by atoms with Crippen LogP contribution >= 0.6 is 23.2 Å². The molecule has 0 radical (unpaired) electrons. The topological polar surface area (TPSA) is 49.9 Å². The predicted octanol–water partition coefficient (Wildman–Crippen LogP) is 4.38. The Balaban J connectivity index is 1.81. The normalized spacial score (nSPS) is 17.1. The summed E-state index contributed by atoms with van der Waals surface area (Å²) in [5.74, 6) is -0.0169. The number of methoxy groups -OCH3 is 1. The summed E-state index contributed by atoms with van der Waals surface area (Å²) in [5.41, 5.74) is 1.94. The molecule has 5 nitrogen and oxygen atoms in total. The van der Waals surface area contributed by atoms with Crippen LogP contribution in [0.25, 0.3) is 5.57 Å². The second-order valence-corrected chi connectivity index (χ2v) is 7.50. The minimum absolute atomic E-state index is 0.292. The van der Waals surface area contributed by atoms with Crippen LogP contribution in [0, 0.1) is 0 Å². The molecule has 0 unspecified atom stereocenters. The van der Waals surface area contributed by atoms with Crippen molar-refractivity contribution >= 4 is 46.3 Å². The second-order valence-electron chi connectivity index (χ2n) is 6.69. The number of hydrogen-bond acceptors (Lipinski definition) is 4. The Kier molecular flexibility index (Phi) is 5.04. The molecule has 2 aromatic carbocycles.